The summed E-state index contributed by atoms with van der Waals surface area (Å²) in [5.74, 6) is -0.0435. The van der Waals surface area contributed by atoms with Crippen molar-refractivity contribution in [2.75, 3.05) is 38.0 Å². The maximum absolute atomic E-state index is 12.7. The average Bonchev–Trinajstić information content (AvgIpc) is 2.66. The number of nitrogens with zero attached hydrogens (tertiary/aromatic N) is 1. The molecule has 0 saturated carbocycles. The van der Waals surface area contributed by atoms with E-state index in [1.165, 1.54) is 4.31 Å². The lowest BCUT2D eigenvalue weighted by Crippen LogP contribution is -3.15. The molecule has 0 aromatic heterocycles. The van der Waals surface area contributed by atoms with Crippen LogP contribution in [-0.4, -0.2) is 51.4 Å². The van der Waals surface area contributed by atoms with Gasteiger partial charge in [0, 0.05) is 5.69 Å². The number of carbonyl (C=O) groups excluding carboxylic acids is 1. The van der Waals surface area contributed by atoms with Crippen LogP contribution in [0.3, 0.4) is 0 Å². The van der Waals surface area contributed by atoms with E-state index in [2.05, 4.69) is 5.32 Å². The summed E-state index contributed by atoms with van der Waals surface area (Å²) in [6.07, 6.45) is 0. The summed E-state index contributed by atoms with van der Waals surface area (Å²) in [5, 5.41) is 2.97. The maximum Gasteiger partial charge on any atom is 0.279 e. The van der Waals surface area contributed by atoms with Gasteiger partial charge in [-0.25, -0.2) is 8.42 Å². The highest BCUT2D eigenvalue weighted by molar-refractivity contribution is 7.89. The second-order valence-electron chi connectivity index (χ2n) is 6.94. The van der Waals surface area contributed by atoms with Crippen molar-refractivity contribution in [1.82, 2.24) is 4.31 Å². The van der Waals surface area contributed by atoms with E-state index in [0.29, 0.717) is 37.6 Å². The summed E-state index contributed by atoms with van der Waals surface area (Å²) in [5.41, 5.74) is 3.05. The molecule has 144 valence electrons. The number of benzene rings is 2. The Morgan fingerprint density at radius 2 is 1.70 bits per heavy atom. The fourth-order valence-corrected chi connectivity index (χ4v) is 4.73. The standard InChI is InChI=1S/C20H25N3O3S/c1-16-7-6-10-19(17(16)2)21-20(24)15-22-11-13-23(14-12-22)27(25,26)18-8-4-3-5-9-18/h3-10H,11-15H2,1-2H3,(H,21,24)/p+1. The molecule has 0 unspecified atom stereocenters. The quantitative estimate of drug-likeness (QED) is 0.797. The highest BCUT2D eigenvalue weighted by Crippen LogP contribution is 2.17. The van der Waals surface area contributed by atoms with Crippen LogP contribution >= 0.6 is 0 Å². The smallest absolute Gasteiger partial charge is 0.279 e. The predicted molar refractivity (Wildman–Crippen MR) is 105 cm³/mol. The first-order valence-electron chi connectivity index (χ1n) is 9.13. The number of sulfonamides is 1. The minimum atomic E-state index is -3.45. The monoisotopic (exact) mass is 388 g/mol. The van der Waals surface area contributed by atoms with E-state index in [1.807, 2.05) is 32.0 Å². The van der Waals surface area contributed by atoms with Crippen molar-refractivity contribution in [3.8, 4) is 0 Å². The van der Waals surface area contributed by atoms with Gasteiger partial charge in [0.2, 0.25) is 10.0 Å². The number of quaternary nitrogens is 1. The van der Waals surface area contributed by atoms with Gasteiger partial charge in [0.1, 0.15) is 0 Å². The van der Waals surface area contributed by atoms with Crippen LogP contribution < -0.4 is 10.2 Å². The Kier molecular flexibility index (Phi) is 5.94. The van der Waals surface area contributed by atoms with E-state index >= 15 is 0 Å². The van der Waals surface area contributed by atoms with Crippen LogP contribution in [0.5, 0.6) is 0 Å². The third-order valence-electron chi connectivity index (χ3n) is 5.10. The van der Waals surface area contributed by atoms with E-state index in [0.717, 1.165) is 21.7 Å². The molecule has 1 saturated heterocycles. The van der Waals surface area contributed by atoms with Crippen molar-refractivity contribution >= 4 is 21.6 Å². The summed E-state index contributed by atoms with van der Waals surface area (Å²) >= 11 is 0. The van der Waals surface area contributed by atoms with Crippen LogP contribution in [0.15, 0.2) is 53.4 Å². The molecule has 2 N–H and O–H groups in total. The lowest BCUT2D eigenvalue weighted by molar-refractivity contribution is -0.895. The first kappa shape index (κ1) is 19.5. The Balaban J connectivity index is 1.55. The van der Waals surface area contributed by atoms with E-state index in [4.69, 9.17) is 0 Å². The summed E-state index contributed by atoms with van der Waals surface area (Å²) < 4.78 is 26.8. The van der Waals surface area contributed by atoms with Crippen LogP contribution in [0.2, 0.25) is 0 Å². The van der Waals surface area contributed by atoms with Gasteiger partial charge in [0.15, 0.2) is 6.54 Å². The third-order valence-corrected chi connectivity index (χ3v) is 7.01. The number of amides is 1. The Morgan fingerprint density at radius 3 is 2.37 bits per heavy atom. The number of rotatable bonds is 5. The molecular formula is C20H26N3O3S+. The number of hydrogen-bond donors (Lipinski definition) is 2. The van der Waals surface area contributed by atoms with Crippen molar-refractivity contribution in [3.05, 3.63) is 59.7 Å². The molecule has 27 heavy (non-hydrogen) atoms. The Labute approximate surface area is 160 Å². The van der Waals surface area contributed by atoms with Crippen molar-refractivity contribution in [2.45, 2.75) is 18.7 Å². The van der Waals surface area contributed by atoms with Crippen LogP contribution in [0.4, 0.5) is 5.69 Å². The minimum absolute atomic E-state index is 0.0435. The molecule has 1 amide bonds. The van der Waals surface area contributed by atoms with Gasteiger partial charge in [-0.15, -0.1) is 0 Å². The number of aryl methyl sites for hydroxylation is 1. The molecule has 0 bridgehead atoms. The first-order valence-corrected chi connectivity index (χ1v) is 10.6. The van der Waals surface area contributed by atoms with Gasteiger partial charge >= 0.3 is 0 Å². The van der Waals surface area contributed by atoms with Gasteiger partial charge in [0.05, 0.1) is 31.1 Å². The predicted octanol–water partition coefficient (Wildman–Crippen LogP) is 0.831. The molecule has 2 aromatic carbocycles. The van der Waals surface area contributed by atoms with Gasteiger partial charge in [0.25, 0.3) is 5.91 Å². The lowest BCUT2D eigenvalue weighted by Gasteiger charge is -2.31. The van der Waals surface area contributed by atoms with Gasteiger partial charge in [-0.05, 0) is 43.2 Å². The molecule has 1 aliphatic heterocycles. The molecule has 0 aliphatic carbocycles. The van der Waals surface area contributed by atoms with Crippen LogP contribution in [-0.2, 0) is 14.8 Å². The average molecular weight is 389 g/mol. The number of hydrogen-bond acceptors (Lipinski definition) is 3. The van der Waals surface area contributed by atoms with Gasteiger partial charge in [-0.1, -0.05) is 30.3 Å². The highest BCUT2D eigenvalue weighted by Gasteiger charge is 2.31. The van der Waals surface area contributed by atoms with E-state index in [9.17, 15) is 13.2 Å². The summed E-state index contributed by atoms with van der Waals surface area (Å²) in [6.45, 7) is 6.42. The zero-order valence-corrected chi connectivity index (χ0v) is 16.6. The van der Waals surface area contributed by atoms with Crippen LogP contribution in [0.1, 0.15) is 11.1 Å². The van der Waals surface area contributed by atoms with Crippen molar-refractivity contribution in [2.24, 2.45) is 0 Å². The van der Waals surface area contributed by atoms with E-state index in [-0.39, 0.29) is 5.91 Å². The largest absolute Gasteiger partial charge is 0.325 e. The molecule has 0 radical (unpaired) electrons. The zero-order chi connectivity index (χ0) is 19.4. The third kappa shape index (κ3) is 4.55. The SMILES string of the molecule is Cc1cccc(NC(=O)C[NH+]2CCN(S(=O)(=O)c3ccccc3)CC2)c1C. The second kappa shape index (κ2) is 8.21. The van der Waals surface area contributed by atoms with E-state index < -0.39 is 10.0 Å². The lowest BCUT2D eigenvalue weighted by atomic mass is 10.1. The Bertz CT molecular complexity index is 905. The Hall–Kier alpha value is -2.22. The van der Waals surface area contributed by atoms with Gasteiger partial charge < -0.3 is 10.2 Å². The van der Waals surface area contributed by atoms with Crippen LogP contribution in [0.25, 0.3) is 0 Å². The van der Waals surface area contributed by atoms with Crippen molar-refractivity contribution in [1.29, 1.82) is 0 Å². The van der Waals surface area contributed by atoms with Crippen molar-refractivity contribution in [3.63, 3.8) is 0 Å². The van der Waals surface area contributed by atoms with Crippen molar-refractivity contribution < 1.29 is 18.1 Å². The molecule has 3 rings (SSSR count). The maximum atomic E-state index is 12.7. The molecule has 1 heterocycles. The topological polar surface area (TPSA) is 70.9 Å². The zero-order valence-electron chi connectivity index (χ0n) is 15.7. The number of carbonyl (C=O) groups is 1. The molecule has 7 heteroatoms. The summed E-state index contributed by atoms with van der Waals surface area (Å²) in [4.78, 5) is 13.8. The number of anilines is 1. The number of piperazine rings is 1. The summed E-state index contributed by atoms with van der Waals surface area (Å²) in [7, 11) is -3.45. The molecule has 0 atom stereocenters. The van der Waals surface area contributed by atoms with Crippen LogP contribution in [0, 0.1) is 13.8 Å². The molecular weight excluding hydrogens is 362 g/mol. The first-order chi connectivity index (χ1) is 12.9. The molecule has 0 spiro atoms. The van der Waals surface area contributed by atoms with Gasteiger partial charge in [-0.3, -0.25) is 4.79 Å². The molecule has 2 aromatic rings. The van der Waals surface area contributed by atoms with Gasteiger partial charge in [-0.2, -0.15) is 4.31 Å². The molecule has 6 nitrogen and oxygen atoms in total. The fourth-order valence-electron chi connectivity index (χ4n) is 3.27. The van der Waals surface area contributed by atoms with E-state index in [1.54, 1.807) is 30.3 Å². The summed E-state index contributed by atoms with van der Waals surface area (Å²) in [6, 6.07) is 14.3. The normalized spacial score (nSPS) is 16.2. The fraction of sp³-hybridized carbons (Fsp3) is 0.350. The highest BCUT2D eigenvalue weighted by atomic mass is 32.2. The number of nitrogens with one attached hydrogen (secondary N) is 2. The minimum Gasteiger partial charge on any atom is -0.325 e. The molecule has 1 aliphatic rings. The second-order valence-corrected chi connectivity index (χ2v) is 8.88. The Morgan fingerprint density at radius 1 is 1.04 bits per heavy atom. The molecule has 1 fully saturated rings.